The van der Waals surface area contributed by atoms with Crippen LogP contribution in [0.2, 0.25) is 0 Å². The molecule has 1 aromatic heterocycles. The number of thioether (sulfide) groups is 1. The molecule has 0 spiro atoms. The van der Waals surface area contributed by atoms with Crippen molar-refractivity contribution in [2.75, 3.05) is 17.6 Å². The second kappa shape index (κ2) is 6.77. The average Bonchev–Trinajstić information content (AvgIpc) is 2.90. The first-order chi connectivity index (χ1) is 9.92. The van der Waals surface area contributed by atoms with Gasteiger partial charge in [0.25, 0.3) is 0 Å². The molecule has 1 N–H and O–H groups in total. The van der Waals surface area contributed by atoms with Gasteiger partial charge in [0, 0.05) is 18.0 Å². The molecule has 0 amide bonds. The summed E-state index contributed by atoms with van der Waals surface area (Å²) in [5, 5.41) is 3.43. The summed E-state index contributed by atoms with van der Waals surface area (Å²) in [5.41, 5.74) is 2.31. The molecule has 102 valence electrons. The highest BCUT2D eigenvalue weighted by atomic mass is 32.2. The Hall–Kier alpha value is -1.52. The van der Waals surface area contributed by atoms with Gasteiger partial charge in [0.2, 0.25) is 0 Å². The number of thiazole rings is 1. The number of hydrogen-bond donors (Lipinski definition) is 1. The van der Waals surface area contributed by atoms with Gasteiger partial charge in [-0.05, 0) is 30.7 Å². The molecular formula is C16H16N2S2. The largest absolute Gasteiger partial charge is 0.385 e. The smallest absolute Gasteiger partial charge is 0.151 e. The molecule has 1 heterocycles. The highest BCUT2D eigenvalue weighted by Crippen LogP contribution is 2.29. The van der Waals surface area contributed by atoms with Gasteiger partial charge >= 0.3 is 0 Å². The Bertz CT molecular complexity index is 631. The molecule has 0 aliphatic carbocycles. The van der Waals surface area contributed by atoms with Crippen LogP contribution in [0.15, 0.2) is 58.9 Å². The highest BCUT2D eigenvalue weighted by molar-refractivity contribution is 8.01. The molecule has 0 fully saturated rings. The van der Waals surface area contributed by atoms with Crippen LogP contribution >= 0.6 is 23.1 Å². The summed E-state index contributed by atoms with van der Waals surface area (Å²) >= 11 is 3.63. The Morgan fingerprint density at radius 3 is 2.65 bits per heavy atom. The number of anilines is 1. The van der Waals surface area contributed by atoms with Crippen LogP contribution in [0.4, 0.5) is 5.69 Å². The zero-order valence-electron chi connectivity index (χ0n) is 11.1. The van der Waals surface area contributed by atoms with E-state index in [4.69, 9.17) is 0 Å². The van der Waals surface area contributed by atoms with Crippen LogP contribution in [0, 0.1) is 0 Å². The Labute approximate surface area is 127 Å². The molecular weight excluding hydrogens is 284 g/mol. The van der Waals surface area contributed by atoms with Crippen LogP contribution in [-0.2, 0) is 0 Å². The lowest BCUT2D eigenvalue weighted by atomic mass is 10.3. The maximum atomic E-state index is 4.63. The van der Waals surface area contributed by atoms with E-state index >= 15 is 0 Å². The van der Waals surface area contributed by atoms with Crippen molar-refractivity contribution in [1.82, 2.24) is 4.98 Å². The molecule has 2 nitrogen and oxygen atoms in total. The maximum absolute atomic E-state index is 4.63. The number of nitrogens with zero attached hydrogens (tertiary/aromatic N) is 1. The quantitative estimate of drug-likeness (QED) is 0.518. The van der Waals surface area contributed by atoms with Gasteiger partial charge in [-0.1, -0.05) is 42.1 Å². The minimum atomic E-state index is 1.00. The van der Waals surface area contributed by atoms with Crippen molar-refractivity contribution in [3.8, 4) is 0 Å². The van der Waals surface area contributed by atoms with Crippen molar-refractivity contribution < 1.29 is 0 Å². The molecule has 0 aliphatic rings. The van der Waals surface area contributed by atoms with Gasteiger partial charge in [0.15, 0.2) is 4.34 Å². The molecule has 3 aromatic rings. The molecule has 0 bridgehead atoms. The van der Waals surface area contributed by atoms with Gasteiger partial charge in [-0.25, -0.2) is 4.98 Å². The first kappa shape index (κ1) is 13.5. The lowest BCUT2D eigenvalue weighted by Crippen LogP contribution is -2.01. The van der Waals surface area contributed by atoms with E-state index in [1.54, 1.807) is 11.3 Å². The van der Waals surface area contributed by atoms with E-state index in [1.807, 2.05) is 23.9 Å². The van der Waals surface area contributed by atoms with E-state index in [-0.39, 0.29) is 0 Å². The van der Waals surface area contributed by atoms with E-state index in [1.165, 1.54) is 14.7 Å². The van der Waals surface area contributed by atoms with Crippen LogP contribution in [0.5, 0.6) is 0 Å². The number of fused-ring (bicyclic) bond motifs is 1. The fourth-order valence-corrected chi connectivity index (χ4v) is 4.01. The van der Waals surface area contributed by atoms with Crippen LogP contribution < -0.4 is 5.32 Å². The van der Waals surface area contributed by atoms with Crippen LogP contribution in [-0.4, -0.2) is 17.3 Å². The van der Waals surface area contributed by atoms with E-state index in [0.29, 0.717) is 0 Å². The standard InChI is InChI=1S/C16H16N2S2/c1-2-7-13(8-3-1)17-11-6-12-19-16-18-14-9-4-5-10-15(14)20-16/h1-5,7-10,17H,6,11-12H2. The van der Waals surface area contributed by atoms with Crippen molar-refractivity contribution in [2.24, 2.45) is 0 Å². The minimum absolute atomic E-state index is 1.00. The van der Waals surface area contributed by atoms with Gasteiger partial charge in [0.1, 0.15) is 0 Å². The second-order valence-electron chi connectivity index (χ2n) is 4.44. The third kappa shape index (κ3) is 3.52. The van der Waals surface area contributed by atoms with Crippen LogP contribution in [0.3, 0.4) is 0 Å². The molecule has 0 unspecified atom stereocenters. The average molecular weight is 300 g/mol. The molecule has 0 atom stereocenters. The predicted octanol–water partition coefficient (Wildman–Crippen LogP) is 4.89. The summed E-state index contributed by atoms with van der Waals surface area (Å²) in [6.45, 7) is 1.00. The van der Waals surface area contributed by atoms with E-state index in [2.05, 4.69) is 52.8 Å². The number of para-hydroxylation sites is 2. The number of hydrogen-bond acceptors (Lipinski definition) is 4. The van der Waals surface area contributed by atoms with Crippen LogP contribution in [0.1, 0.15) is 6.42 Å². The molecule has 2 aromatic carbocycles. The number of benzene rings is 2. The van der Waals surface area contributed by atoms with Crippen LogP contribution in [0.25, 0.3) is 10.2 Å². The molecule has 0 saturated carbocycles. The number of aromatic nitrogens is 1. The Morgan fingerprint density at radius 2 is 1.80 bits per heavy atom. The van der Waals surface area contributed by atoms with Crippen molar-refractivity contribution in [3.05, 3.63) is 54.6 Å². The van der Waals surface area contributed by atoms with Crippen molar-refractivity contribution in [3.63, 3.8) is 0 Å². The fourth-order valence-electron chi connectivity index (χ4n) is 1.93. The summed E-state index contributed by atoms with van der Waals surface area (Å²) in [7, 11) is 0. The normalized spacial score (nSPS) is 10.8. The summed E-state index contributed by atoms with van der Waals surface area (Å²) in [6, 6.07) is 18.7. The second-order valence-corrected chi connectivity index (χ2v) is 6.82. The van der Waals surface area contributed by atoms with E-state index in [9.17, 15) is 0 Å². The zero-order valence-corrected chi connectivity index (χ0v) is 12.7. The lowest BCUT2D eigenvalue weighted by Gasteiger charge is -2.04. The Morgan fingerprint density at radius 1 is 1.00 bits per heavy atom. The highest BCUT2D eigenvalue weighted by Gasteiger charge is 2.02. The van der Waals surface area contributed by atoms with Gasteiger partial charge in [-0.15, -0.1) is 11.3 Å². The fraction of sp³-hybridized carbons (Fsp3) is 0.188. The number of rotatable bonds is 6. The summed E-state index contributed by atoms with van der Waals surface area (Å²) in [4.78, 5) is 4.63. The summed E-state index contributed by atoms with van der Waals surface area (Å²) in [5.74, 6) is 1.10. The number of nitrogens with one attached hydrogen (secondary N) is 1. The lowest BCUT2D eigenvalue weighted by molar-refractivity contribution is 0.991. The van der Waals surface area contributed by atoms with Crippen molar-refractivity contribution in [1.29, 1.82) is 0 Å². The molecule has 0 aliphatic heterocycles. The van der Waals surface area contributed by atoms with E-state index < -0.39 is 0 Å². The maximum Gasteiger partial charge on any atom is 0.151 e. The summed E-state index contributed by atoms with van der Waals surface area (Å²) < 4.78 is 2.45. The third-order valence-corrected chi connectivity index (χ3v) is 5.19. The monoisotopic (exact) mass is 300 g/mol. The van der Waals surface area contributed by atoms with Gasteiger partial charge in [-0.2, -0.15) is 0 Å². The zero-order chi connectivity index (χ0) is 13.6. The predicted molar refractivity (Wildman–Crippen MR) is 89.9 cm³/mol. The molecule has 0 saturated heterocycles. The van der Waals surface area contributed by atoms with Crippen molar-refractivity contribution >= 4 is 39.0 Å². The third-order valence-electron chi connectivity index (χ3n) is 2.92. The molecule has 20 heavy (non-hydrogen) atoms. The van der Waals surface area contributed by atoms with Gasteiger partial charge in [0.05, 0.1) is 10.2 Å². The van der Waals surface area contributed by atoms with Gasteiger partial charge < -0.3 is 5.32 Å². The summed E-state index contributed by atoms with van der Waals surface area (Å²) in [6.07, 6.45) is 1.13. The minimum Gasteiger partial charge on any atom is -0.385 e. The molecule has 4 heteroatoms. The topological polar surface area (TPSA) is 24.9 Å². The molecule has 0 radical (unpaired) electrons. The first-order valence-corrected chi connectivity index (χ1v) is 8.49. The first-order valence-electron chi connectivity index (χ1n) is 6.69. The Kier molecular flexibility index (Phi) is 4.56. The van der Waals surface area contributed by atoms with E-state index in [0.717, 1.165) is 24.2 Å². The van der Waals surface area contributed by atoms with Gasteiger partial charge in [-0.3, -0.25) is 0 Å². The van der Waals surface area contributed by atoms with Crippen molar-refractivity contribution in [2.45, 2.75) is 10.8 Å². The molecule has 3 rings (SSSR count). The Balaban J connectivity index is 1.43. The SMILES string of the molecule is c1ccc(NCCCSc2nc3ccccc3s2)cc1.